The molecule has 0 aliphatic carbocycles. The van der Waals surface area contributed by atoms with Gasteiger partial charge < -0.3 is 19.7 Å². The van der Waals surface area contributed by atoms with Crippen molar-refractivity contribution in [3.05, 3.63) is 89.5 Å². The van der Waals surface area contributed by atoms with Gasteiger partial charge in [0.1, 0.15) is 11.5 Å². The van der Waals surface area contributed by atoms with Crippen LogP contribution >= 0.6 is 0 Å². The van der Waals surface area contributed by atoms with E-state index in [1.807, 2.05) is 6.92 Å². The molecule has 0 aromatic heterocycles. The summed E-state index contributed by atoms with van der Waals surface area (Å²) in [4.78, 5) is 27.7. The summed E-state index contributed by atoms with van der Waals surface area (Å²) in [5, 5.41) is 21.1. The van der Waals surface area contributed by atoms with Crippen molar-refractivity contribution in [2.45, 2.75) is 13.0 Å². The van der Waals surface area contributed by atoms with Gasteiger partial charge >= 0.3 is 0 Å². The standard InChI is InChI=1S/C26H23NO6/c1-3-33-19-12-10-18(11-13-19)27-23(17-9-14-20(28)21(15-17)32-2)22(25(30)26(27)31)24(29)16-7-5-4-6-8-16/h4-15,23,28-29H,3H2,1-2H3. The van der Waals surface area contributed by atoms with Crippen molar-refractivity contribution in [2.24, 2.45) is 0 Å². The fourth-order valence-electron chi connectivity index (χ4n) is 3.90. The van der Waals surface area contributed by atoms with E-state index in [-0.39, 0.29) is 22.8 Å². The number of phenols is 1. The Kier molecular flexibility index (Phi) is 6.04. The second-order valence-corrected chi connectivity index (χ2v) is 7.39. The van der Waals surface area contributed by atoms with Gasteiger partial charge in [-0.2, -0.15) is 0 Å². The number of Topliss-reactive ketones (excluding diaryl/α,β-unsaturated/α-hetero) is 1. The molecule has 0 bridgehead atoms. The molecule has 3 aromatic carbocycles. The molecular weight excluding hydrogens is 422 g/mol. The largest absolute Gasteiger partial charge is 0.507 e. The van der Waals surface area contributed by atoms with E-state index in [2.05, 4.69) is 0 Å². The number of ether oxygens (including phenoxy) is 2. The van der Waals surface area contributed by atoms with E-state index in [0.29, 0.717) is 29.2 Å². The van der Waals surface area contributed by atoms with Gasteiger partial charge in [-0.15, -0.1) is 0 Å². The minimum Gasteiger partial charge on any atom is -0.507 e. The number of amides is 1. The fourth-order valence-corrected chi connectivity index (χ4v) is 3.90. The van der Waals surface area contributed by atoms with Crippen LogP contribution in [0.4, 0.5) is 5.69 Å². The number of anilines is 1. The molecule has 1 saturated heterocycles. The zero-order chi connectivity index (χ0) is 23.5. The lowest BCUT2D eigenvalue weighted by Gasteiger charge is -2.26. The van der Waals surface area contributed by atoms with Crippen LogP contribution in [0.3, 0.4) is 0 Å². The number of carbonyl (C=O) groups excluding carboxylic acids is 2. The number of hydrogen-bond acceptors (Lipinski definition) is 6. The lowest BCUT2D eigenvalue weighted by molar-refractivity contribution is -0.132. The van der Waals surface area contributed by atoms with Crippen LogP contribution in [0.25, 0.3) is 5.76 Å². The highest BCUT2D eigenvalue weighted by atomic mass is 16.5. The number of nitrogens with zero attached hydrogens (tertiary/aromatic N) is 1. The number of carbonyl (C=O) groups is 2. The van der Waals surface area contributed by atoms with Crippen molar-refractivity contribution in [2.75, 3.05) is 18.6 Å². The highest BCUT2D eigenvalue weighted by Crippen LogP contribution is 2.44. The number of aromatic hydroxyl groups is 1. The molecule has 0 spiro atoms. The summed E-state index contributed by atoms with van der Waals surface area (Å²) in [6.45, 7) is 2.36. The molecule has 1 aliphatic rings. The Balaban J connectivity index is 1.92. The Morgan fingerprint density at radius 1 is 1.00 bits per heavy atom. The first-order chi connectivity index (χ1) is 16.0. The summed E-state index contributed by atoms with van der Waals surface area (Å²) in [5.41, 5.74) is 1.32. The molecule has 7 heteroatoms. The minimum atomic E-state index is -0.933. The molecule has 0 radical (unpaired) electrons. The molecular formula is C26H23NO6. The van der Waals surface area contributed by atoms with Gasteiger partial charge in [0.15, 0.2) is 11.5 Å². The second-order valence-electron chi connectivity index (χ2n) is 7.39. The number of methoxy groups -OCH3 is 1. The van der Waals surface area contributed by atoms with Gasteiger partial charge in [-0.3, -0.25) is 14.5 Å². The summed E-state index contributed by atoms with van der Waals surface area (Å²) in [7, 11) is 1.41. The normalized spacial score (nSPS) is 17.3. The molecule has 168 valence electrons. The molecule has 1 atom stereocenters. The Labute approximate surface area is 191 Å². The van der Waals surface area contributed by atoms with Crippen LogP contribution in [0.15, 0.2) is 78.4 Å². The van der Waals surface area contributed by atoms with Gasteiger partial charge in [-0.1, -0.05) is 36.4 Å². The first-order valence-electron chi connectivity index (χ1n) is 10.4. The maximum atomic E-state index is 13.2. The Morgan fingerprint density at radius 3 is 2.33 bits per heavy atom. The third kappa shape index (κ3) is 4.01. The van der Waals surface area contributed by atoms with Crippen LogP contribution in [-0.2, 0) is 9.59 Å². The average Bonchev–Trinajstić information content (AvgIpc) is 3.10. The predicted octanol–water partition coefficient (Wildman–Crippen LogP) is 4.43. The molecule has 1 aliphatic heterocycles. The minimum absolute atomic E-state index is 0.0483. The van der Waals surface area contributed by atoms with Crippen LogP contribution in [0, 0.1) is 0 Å². The molecule has 1 unspecified atom stereocenters. The fraction of sp³-hybridized carbons (Fsp3) is 0.154. The monoisotopic (exact) mass is 445 g/mol. The van der Waals surface area contributed by atoms with E-state index >= 15 is 0 Å². The lowest BCUT2D eigenvalue weighted by atomic mass is 9.95. The molecule has 0 saturated carbocycles. The third-order valence-corrected chi connectivity index (χ3v) is 5.44. The summed E-state index contributed by atoms with van der Waals surface area (Å²) in [5.74, 6) is -1.12. The first kappa shape index (κ1) is 22.0. The van der Waals surface area contributed by atoms with Crippen LogP contribution < -0.4 is 14.4 Å². The smallest absolute Gasteiger partial charge is 0.300 e. The summed E-state index contributed by atoms with van der Waals surface area (Å²) >= 11 is 0. The average molecular weight is 445 g/mol. The second kappa shape index (κ2) is 9.08. The van der Waals surface area contributed by atoms with Gasteiger partial charge in [0.05, 0.1) is 25.3 Å². The van der Waals surface area contributed by atoms with E-state index < -0.39 is 17.7 Å². The third-order valence-electron chi connectivity index (χ3n) is 5.44. The Bertz CT molecular complexity index is 1220. The lowest BCUT2D eigenvalue weighted by Crippen LogP contribution is -2.29. The molecule has 1 amide bonds. The van der Waals surface area contributed by atoms with Gasteiger partial charge in [0.25, 0.3) is 11.7 Å². The summed E-state index contributed by atoms with van der Waals surface area (Å²) < 4.78 is 10.7. The van der Waals surface area contributed by atoms with Crippen LogP contribution in [-0.4, -0.2) is 35.6 Å². The zero-order valence-corrected chi connectivity index (χ0v) is 18.2. The van der Waals surface area contributed by atoms with E-state index in [4.69, 9.17) is 9.47 Å². The van der Waals surface area contributed by atoms with Crippen LogP contribution in [0.2, 0.25) is 0 Å². The van der Waals surface area contributed by atoms with Gasteiger partial charge in [-0.05, 0) is 48.9 Å². The van der Waals surface area contributed by atoms with Crippen molar-refractivity contribution < 1.29 is 29.3 Å². The van der Waals surface area contributed by atoms with Crippen molar-refractivity contribution in [3.63, 3.8) is 0 Å². The molecule has 1 fully saturated rings. The maximum Gasteiger partial charge on any atom is 0.300 e. The Hall–Kier alpha value is -4.26. The number of aliphatic hydroxyl groups is 1. The van der Waals surface area contributed by atoms with Gasteiger partial charge in [0.2, 0.25) is 0 Å². The van der Waals surface area contributed by atoms with Gasteiger partial charge in [-0.25, -0.2) is 0 Å². The van der Waals surface area contributed by atoms with Crippen molar-refractivity contribution in [3.8, 4) is 17.2 Å². The van der Waals surface area contributed by atoms with E-state index in [1.165, 1.54) is 18.1 Å². The predicted molar refractivity (Wildman–Crippen MR) is 123 cm³/mol. The van der Waals surface area contributed by atoms with Crippen molar-refractivity contribution in [1.82, 2.24) is 0 Å². The number of benzene rings is 3. The quantitative estimate of drug-likeness (QED) is 0.331. The topological polar surface area (TPSA) is 96.3 Å². The summed E-state index contributed by atoms with van der Waals surface area (Å²) in [6.07, 6.45) is 0. The molecule has 3 aromatic rings. The number of phenolic OH excluding ortho intramolecular Hbond substituents is 1. The molecule has 33 heavy (non-hydrogen) atoms. The highest BCUT2D eigenvalue weighted by molar-refractivity contribution is 6.51. The van der Waals surface area contributed by atoms with Crippen molar-refractivity contribution in [1.29, 1.82) is 0 Å². The number of rotatable bonds is 6. The van der Waals surface area contributed by atoms with Crippen LogP contribution in [0.1, 0.15) is 24.1 Å². The van der Waals surface area contributed by atoms with E-state index in [0.717, 1.165) is 0 Å². The van der Waals surface area contributed by atoms with Crippen LogP contribution in [0.5, 0.6) is 17.2 Å². The molecule has 7 nitrogen and oxygen atoms in total. The molecule has 1 heterocycles. The summed E-state index contributed by atoms with van der Waals surface area (Å²) in [6, 6.07) is 19.0. The number of ketones is 1. The first-order valence-corrected chi connectivity index (χ1v) is 10.4. The number of hydrogen-bond donors (Lipinski definition) is 2. The van der Waals surface area contributed by atoms with Crippen molar-refractivity contribution >= 4 is 23.1 Å². The SMILES string of the molecule is CCOc1ccc(N2C(=O)C(=O)C(=C(O)c3ccccc3)C2c2ccc(O)c(OC)c2)cc1. The van der Waals surface area contributed by atoms with E-state index in [9.17, 15) is 19.8 Å². The highest BCUT2D eigenvalue weighted by Gasteiger charge is 2.47. The number of aliphatic hydroxyl groups excluding tert-OH is 1. The van der Waals surface area contributed by atoms with E-state index in [1.54, 1.807) is 66.7 Å². The molecule has 4 rings (SSSR count). The Morgan fingerprint density at radius 2 is 1.70 bits per heavy atom. The molecule has 2 N–H and O–H groups in total. The van der Waals surface area contributed by atoms with Gasteiger partial charge in [0, 0.05) is 11.3 Å². The zero-order valence-electron chi connectivity index (χ0n) is 18.2. The maximum absolute atomic E-state index is 13.2.